The first-order valence-corrected chi connectivity index (χ1v) is 12.7. The number of fused-ring (bicyclic) bond motifs is 1. The van der Waals surface area contributed by atoms with Gasteiger partial charge in [-0.05, 0) is 35.2 Å². The molecule has 0 fully saturated rings. The van der Waals surface area contributed by atoms with E-state index in [1.54, 1.807) is 18.2 Å². The van der Waals surface area contributed by atoms with Crippen molar-refractivity contribution in [1.82, 2.24) is 0 Å². The molecule has 0 saturated heterocycles. The van der Waals surface area contributed by atoms with Gasteiger partial charge in [-0.2, -0.15) is 0 Å². The van der Waals surface area contributed by atoms with Gasteiger partial charge in [-0.3, -0.25) is 19.6 Å². The zero-order valence-corrected chi connectivity index (χ0v) is 20.9. The predicted octanol–water partition coefficient (Wildman–Crippen LogP) is 5.39. The number of hydrogen-bond acceptors (Lipinski definition) is 7. The van der Waals surface area contributed by atoms with E-state index in [2.05, 4.69) is 10.0 Å². The summed E-state index contributed by atoms with van der Waals surface area (Å²) < 4.78 is 31.9. The number of thiophene rings is 1. The number of carbonyl (C=O) groups is 1. The number of ether oxygens (including phenoxy) is 1. The maximum atomic E-state index is 13.1. The Morgan fingerprint density at radius 3 is 2.33 bits per heavy atom. The standard InChI is InChI=1S/C21H22ClN3O6S2/c1-21(2,3)12-8-14(18(31-4)15(9-12)24-33(5,29)30)23-20(26)17-7-11-6-13(22)10-16(25(27)28)19(11)32-17/h6-10,24H,1-5H3,(H,23,26). The first-order valence-electron chi connectivity index (χ1n) is 9.58. The summed E-state index contributed by atoms with van der Waals surface area (Å²) in [6.07, 6.45) is 1.02. The van der Waals surface area contributed by atoms with Crippen LogP contribution in [-0.2, 0) is 15.4 Å². The maximum Gasteiger partial charge on any atom is 0.288 e. The molecule has 9 nitrogen and oxygen atoms in total. The van der Waals surface area contributed by atoms with E-state index in [1.165, 1.54) is 19.2 Å². The van der Waals surface area contributed by atoms with E-state index in [0.29, 0.717) is 10.1 Å². The molecule has 2 aromatic carbocycles. The zero-order valence-electron chi connectivity index (χ0n) is 18.5. The van der Waals surface area contributed by atoms with Gasteiger partial charge < -0.3 is 10.1 Å². The molecule has 0 radical (unpaired) electrons. The number of sulfonamides is 1. The minimum Gasteiger partial charge on any atom is -0.492 e. The molecule has 0 unspecified atom stereocenters. The largest absolute Gasteiger partial charge is 0.492 e. The number of hydrogen-bond donors (Lipinski definition) is 2. The van der Waals surface area contributed by atoms with Gasteiger partial charge in [0.25, 0.3) is 11.6 Å². The fourth-order valence-electron chi connectivity index (χ4n) is 3.18. The highest BCUT2D eigenvalue weighted by Gasteiger charge is 2.24. The van der Waals surface area contributed by atoms with Crippen molar-refractivity contribution in [1.29, 1.82) is 0 Å². The summed E-state index contributed by atoms with van der Waals surface area (Å²) in [6.45, 7) is 5.83. The first-order chi connectivity index (χ1) is 15.2. The third-order valence-corrected chi connectivity index (χ3v) is 6.67. The average Bonchev–Trinajstić information content (AvgIpc) is 3.09. The number of non-ortho nitro benzene ring substituents is 1. The molecule has 0 spiro atoms. The molecular weight excluding hydrogens is 490 g/mol. The quantitative estimate of drug-likeness (QED) is 0.337. The summed E-state index contributed by atoms with van der Waals surface area (Å²) in [5.41, 5.74) is 0.638. The molecule has 0 saturated carbocycles. The number of carbonyl (C=O) groups excluding carboxylic acids is 1. The van der Waals surface area contributed by atoms with E-state index < -0.39 is 20.9 Å². The number of nitrogens with one attached hydrogen (secondary N) is 2. The van der Waals surface area contributed by atoms with Crippen LogP contribution in [0.2, 0.25) is 5.02 Å². The fraction of sp³-hybridized carbons (Fsp3) is 0.286. The highest BCUT2D eigenvalue weighted by atomic mass is 35.5. The molecule has 1 heterocycles. The molecule has 33 heavy (non-hydrogen) atoms. The average molecular weight is 512 g/mol. The normalized spacial score (nSPS) is 11.9. The van der Waals surface area contributed by atoms with Crippen molar-refractivity contribution in [3.05, 3.63) is 55.9 Å². The third kappa shape index (κ3) is 5.55. The van der Waals surface area contributed by atoms with Crippen LogP contribution in [0.4, 0.5) is 17.1 Å². The monoisotopic (exact) mass is 511 g/mol. The van der Waals surface area contributed by atoms with Crippen LogP contribution >= 0.6 is 22.9 Å². The Kier molecular flexibility index (Phi) is 6.60. The zero-order chi connectivity index (χ0) is 24.7. The molecule has 2 N–H and O–H groups in total. The van der Waals surface area contributed by atoms with Gasteiger partial charge in [0.15, 0.2) is 5.75 Å². The molecule has 176 valence electrons. The summed E-state index contributed by atoms with van der Waals surface area (Å²) in [4.78, 5) is 24.1. The second kappa shape index (κ2) is 8.81. The molecule has 3 rings (SSSR count). The van der Waals surface area contributed by atoms with Crippen LogP contribution in [0.1, 0.15) is 36.0 Å². The van der Waals surface area contributed by atoms with Gasteiger partial charge in [-0.1, -0.05) is 32.4 Å². The van der Waals surface area contributed by atoms with Gasteiger partial charge in [0, 0.05) is 16.5 Å². The maximum absolute atomic E-state index is 13.1. The first kappa shape index (κ1) is 24.7. The number of benzene rings is 2. The summed E-state index contributed by atoms with van der Waals surface area (Å²) in [5, 5.41) is 14.8. The van der Waals surface area contributed by atoms with Gasteiger partial charge in [-0.15, -0.1) is 11.3 Å². The second-order valence-corrected chi connectivity index (χ2v) is 11.6. The summed E-state index contributed by atoms with van der Waals surface area (Å²) in [6, 6.07) is 7.66. The highest BCUT2D eigenvalue weighted by Crippen LogP contribution is 2.40. The van der Waals surface area contributed by atoms with Crippen LogP contribution in [0.5, 0.6) is 5.75 Å². The van der Waals surface area contributed by atoms with Crippen molar-refractivity contribution in [3.8, 4) is 5.75 Å². The van der Waals surface area contributed by atoms with Crippen molar-refractivity contribution in [2.24, 2.45) is 0 Å². The van der Waals surface area contributed by atoms with Crippen molar-refractivity contribution >= 4 is 66.0 Å². The Morgan fingerprint density at radius 1 is 1.15 bits per heavy atom. The van der Waals surface area contributed by atoms with Gasteiger partial charge in [0.05, 0.1) is 34.5 Å². The van der Waals surface area contributed by atoms with Crippen LogP contribution in [0.25, 0.3) is 10.1 Å². The van der Waals surface area contributed by atoms with Crippen LogP contribution in [0.3, 0.4) is 0 Å². The van der Waals surface area contributed by atoms with Gasteiger partial charge in [-0.25, -0.2) is 8.42 Å². The molecular formula is C21H22ClN3O6S2. The Morgan fingerprint density at radius 2 is 1.79 bits per heavy atom. The van der Waals surface area contributed by atoms with Gasteiger partial charge in [0.1, 0.15) is 4.70 Å². The van der Waals surface area contributed by atoms with E-state index in [1.807, 2.05) is 20.8 Å². The van der Waals surface area contributed by atoms with E-state index in [9.17, 15) is 23.3 Å². The number of nitro groups is 1. The Labute approximate surface area is 199 Å². The lowest BCUT2D eigenvalue weighted by molar-refractivity contribution is -0.382. The van der Waals surface area contributed by atoms with E-state index in [0.717, 1.165) is 23.2 Å². The number of halogens is 1. The number of rotatable bonds is 6. The third-order valence-electron chi connectivity index (χ3n) is 4.68. The molecule has 0 atom stereocenters. The van der Waals surface area contributed by atoms with E-state index >= 15 is 0 Å². The van der Waals surface area contributed by atoms with Crippen molar-refractivity contribution < 1.29 is 22.9 Å². The lowest BCUT2D eigenvalue weighted by atomic mass is 9.86. The number of methoxy groups -OCH3 is 1. The van der Waals surface area contributed by atoms with Crippen molar-refractivity contribution in [2.45, 2.75) is 26.2 Å². The lowest BCUT2D eigenvalue weighted by Gasteiger charge is -2.23. The SMILES string of the molecule is COc1c(NC(=O)c2cc3cc(Cl)cc([N+](=O)[O-])c3s2)cc(C(C)(C)C)cc1NS(C)(=O)=O. The fourth-order valence-corrected chi connectivity index (χ4v) is 4.98. The van der Waals surface area contributed by atoms with Crippen LogP contribution in [-0.4, -0.2) is 32.6 Å². The highest BCUT2D eigenvalue weighted by molar-refractivity contribution is 7.92. The van der Waals surface area contributed by atoms with Crippen molar-refractivity contribution in [2.75, 3.05) is 23.4 Å². The Balaban J connectivity index is 2.10. The number of anilines is 2. The predicted molar refractivity (Wildman–Crippen MR) is 132 cm³/mol. The summed E-state index contributed by atoms with van der Waals surface area (Å²) in [7, 11) is -2.26. The lowest BCUT2D eigenvalue weighted by Crippen LogP contribution is -2.18. The van der Waals surface area contributed by atoms with Crippen molar-refractivity contribution in [3.63, 3.8) is 0 Å². The van der Waals surface area contributed by atoms with Crippen LogP contribution in [0, 0.1) is 10.1 Å². The number of nitro benzene ring substituents is 1. The second-order valence-electron chi connectivity index (χ2n) is 8.39. The number of amides is 1. The Bertz CT molecular complexity index is 1380. The molecule has 3 aromatic rings. The molecule has 1 amide bonds. The van der Waals surface area contributed by atoms with Crippen LogP contribution in [0.15, 0.2) is 30.3 Å². The smallest absolute Gasteiger partial charge is 0.288 e. The Hall–Kier alpha value is -2.89. The van der Waals surface area contributed by atoms with E-state index in [4.69, 9.17) is 16.3 Å². The molecule has 0 aliphatic heterocycles. The molecule has 12 heteroatoms. The van der Waals surface area contributed by atoms with E-state index in [-0.39, 0.29) is 38.1 Å². The minimum absolute atomic E-state index is 0.136. The molecule has 0 aliphatic rings. The minimum atomic E-state index is -3.62. The topological polar surface area (TPSA) is 128 Å². The summed E-state index contributed by atoms with van der Waals surface area (Å²) in [5.74, 6) is -0.395. The molecule has 0 aliphatic carbocycles. The number of nitrogens with zero attached hydrogens (tertiary/aromatic N) is 1. The molecule has 0 bridgehead atoms. The molecule has 1 aromatic heterocycles. The summed E-state index contributed by atoms with van der Waals surface area (Å²) >= 11 is 6.94. The van der Waals surface area contributed by atoms with Gasteiger partial charge >= 0.3 is 0 Å². The van der Waals surface area contributed by atoms with Crippen LogP contribution < -0.4 is 14.8 Å². The van der Waals surface area contributed by atoms with Gasteiger partial charge in [0.2, 0.25) is 10.0 Å².